The first-order chi connectivity index (χ1) is 6.20. The Morgan fingerprint density at radius 1 is 1.46 bits per heavy atom. The van der Waals surface area contributed by atoms with Gasteiger partial charge in [0.05, 0.1) is 22.5 Å². The van der Waals surface area contributed by atoms with Crippen LogP contribution in [0, 0.1) is 6.92 Å². The summed E-state index contributed by atoms with van der Waals surface area (Å²) in [7, 11) is 1.63. The lowest BCUT2D eigenvalue weighted by atomic mass is 10.3. The summed E-state index contributed by atoms with van der Waals surface area (Å²) in [5.74, 6) is 0.786. The van der Waals surface area contributed by atoms with Crippen LogP contribution < -0.4 is 10.5 Å². The van der Waals surface area contributed by atoms with Gasteiger partial charge in [0.15, 0.2) is 0 Å². The van der Waals surface area contributed by atoms with Crippen molar-refractivity contribution in [3.8, 4) is 5.75 Å². The Balaban J connectivity index is 2.75. The van der Waals surface area contributed by atoms with Crippen molar-refractivity contribution in [3.05, 3.63) is 17.1 Å². The first kappa shape index (κ1) is 8.31. The van der Waals surface area contributed by atoms with Crippen molar-refractivity contribution in [2.24, 2.45) is 0 Å². The third-order valence-corrected chi connectivity index (χ3v) is 2.76. The second-order valence-corrected chi connectivity index (χ2v) is 4.03. The van der Waals surface area contributed by atoms with E-state index >= 15 is 0 Å². The Morgan fingerprint density at radius 3 is 2.92 bits per heavy atom. The maximum atomic E-state index is 5.81. The van der Waals surface area contributed by atoms with E-state index in [0.717, 1.165) is 21.0 Å². The number of nitrogen functional groups attached to an aromatic ring is 1. The molecule has 2 rings (SSSR count). The summed E-state index contributed by atoms with van der Waals surface area (Å²) in [6, 6.07) is 3.75. The summed E-state index contributed by atoms with van der Waals surface area (Å²) < 4.78 is 6.19. The summed E-state index contributed by atoms with van der Waals surface area (Å²) in [5, 5.41) is 1.02. The molecule has 0 spiro atoms. The van der Waals surface area contributed by atoms with Crippen LogP contribution >= 0.6 is 11.3 Å². The number of rotatable bonds is 1. The van der Waals surface area contributed by atoms with Gasteiger partial charge in [-0.15, -0.1) is 11.3 Å². The number of ether oxygens (including phenoxy) is 1. The number of thiazole rings is 1. The van der Waals surface area contributed by atoms with Crippen LogP contribution in [0.2, 0.25) is 0 Å². The van der Waals surface area contributed by atoms with Crippen molar-refractivity contribution < 1.29 is 4.74 Å². The Kier molecular flexibility index (Phi) is 1.84. The zero-order chi connectivity index (χ0) is 9.42. The molecule has 1 aromatic heterocycles. The molecule has 2 N–H and O–H groups in total. The molecule has 68 valence electrons. The number of anilines is 1. The number of fused-ring (bicyclic) bond motifs is 1. The number of hydrogen-bond donors (Lipinski definition) is 1. The van der Waals surface area contributed by atoms with E-state index in [0.29, 0.717) is 5.69 Å². The zero-order valence-electron chi connectivity index (χ0n) is 7.50. The van der Waals surface area contributed by atoms with Gasteiger partial charge in [0.25, 0.3) is 0 Å². The van der Waals surface area contributed by atoms with Gasteiger partial charge in [-0.3, -0.25) is 0 Å². The standard InChI is InChI=1S/C9H10N2OS/c1-5-11-9-7(10)3-6(12-2)4-8(9)13-5/h3-4H,10H2,1-2H3. The number of nitrogens with two attached hydrogens (primary N) is 1. The van der Waals surface area contributed by atoms with Gasteiger partial charge in [-0.25, -0.2) is 4.98 Å². The molecule has 0 amide bonds. The molecule has 0 aliphatic heterocycles. The largest absolute Gasteiger partial charge is 0.497 e. The average molecular weight is 194 g/mol. The van der Waals surface area contributed by atoms with Crippen LogP contribution in [-0.2, 0) is 0 Å². The van der Waals surface area contributed by atoms with Gasteiger partial charge in [0.1, 0.15) is 11.3 Å². The summed E-state index contributed by atoms with van der Waals surface area (Å²) in [6.07, 6.45) is 0. The predicted octanol–water partition coefficient (Wildman–Crippen LogP) is 2.20. The molecule has 2 aromatic rings. The minimum Gasteiger partial charge on any atom is -0.497 e. The highest BCUT2D eigenvalue weighted by molar-refractivity contribution is 7.18. The molecule has 0 saturated heterocycles. The van der Waals surface area contributed by atoms with Gasteiger partial charge in [-0.05, 0) is 13.0 Å². The maximum absolute atomic E-state index is 5.81. The van der Waals surface area contributed by atoms with Gasteiger partial charge < -0.3 is 10.5 Å². The molecule has 4 heteroatoms. The Bertz CT molecular complexity index is 450. The van der Waals surface area contributed by atoms with Crippen LogP contribution in [0.15, 0.2) is 12.1 Å². The lowest BCUT2D eigenvalue weighted by Gasteiger charge is -2.00. The highest BCUT2D eigenvalue weighted by Gasteiger charge is 2.05. The van der Waals surface area contributed by atoms with Crippen LogP contribution in [-0.4, -0.2) is 12.1 Å². The Hall–Kier alpha value is -1.29. The lowest BCUT2D eigenvalue weighted by molar-refractivity contribution is 0.415. The molecule has 0 unspecified atom stereocenters. The van der Waals surface area contributed by atoms with Crippen molar-refractivity contribution in [1.82, 2.24) is 4.98 Å². The summed E-state index contributed by atoms with van der Waals surface area (Å²) >= 11 is 1.62. The molecule has 1 aromatic carbocycles. The van der Waals surface area contributed by atoms with Crippen LogP contribution in [0.4, 0.5) is 5.69 Å². The summed E-state index contributed by atoms with van der Waals surface area (Å²) in [6.45, 7) is 1.97. The fourth-order valence-corrected chi connectivity index (χ4v) is 2.15. The van der Waals surface area contributed by atoms with Gasteiger partial charge in [-0.2, -0.15) is 0 Å². The summed E-state index contributed by atoms with van der Waals surface area (Å²) in [4.78, 5) is 4.33. The van der Waals surface area contributed by atoms with Crippen LogP contribution in [0.3, 0.4) is 0 Å². The van der Waals surface area contributed by atoms with E-state index in [1.54, 1.807) is 24.5 Å². The lowest BCUT2D eigenvalue weighted by Crippen LogP contribution is -1.89. The van der Waals surface area contributed by atoms with Crippen molar-refractivity contribution in [3.63, 3.8) is 0 Å². The second-order valence-electron chi connectivity index (χ2n) is 2.80. The van der Waals surface area contributed by atoms with Crippen molar-refractivity contribution in [2.45, 2.75) is 6.92 Å². The fourth-order valence-electron chi connectivity index (χ4n) is 1.26. The second kappa shape index (κ2) is 2.88. The SMILES string of the molecule is COc1cc(N)c2nc(C)sc2c1. The van der Waals surface area contributed by atoms with E-state index in [4.69, 9.17) is 10.5 Å². The fraction of sp³-hybridized carbons (Fsp3) is 0.222. The third-order valence-electron chi connectivity index (χ3n) is 1.84. The van der Waals surface area contributed by atoms with Crippen LogP contribution in [0.25, 0.3) is 10.2 Å². The van der Waals surface area contributed by atoms with Gasteiger partial charge >= 0.3 is 0 Å². The van der Waals surface area contributed by atoms with E-state index in [-0.39, 0.29) is 0 Å². The van der Waals surface area contributed by atoms with Gasteiger partial charge in [0.2, 0.25) is 0 Å². The van der Waals surface area contributed by atoms with Crippen molar-refractivity contribution >= 4 is 27.2 Å². The Labute approximate surface area is 80.2 Å². The molecule has 0 saturated carbocycles. The molecular weight excluding hydrogens is 184 g/mol. The molecule has 0 radical (unpaired) electrons. The van der Waals surface area contributed by atoms with E-state index in [2.05, 4.69) is 4.98 Å². The molecule has 0 aliphatic carbocycles. The van der Waals surface area contributed by atoms with Gasteiger partial charge in [0, 0.05) is 6.07 Å². The highest BCUT2D eigenvalue weighted by Crippen LogP contribution is 2.30. The monoisotopic (exact) mass is 194 g/mol. The minimum atomic E-state index is 0.679. The average Bonchev–Trinajstić information content (AvgIpc) is 2.46. The minimum absolute atomic E-state index is 0.679. The molecular formula is C9H10N2OS. The smallest absolute Gasteiger partial charge is 0.122 e. The van der Waals surface area contributed by atoms with E-state index < -0.39 is 0 Å². The molecule has 0 aliphatic rings. The molecule has 0 atom stereocenters. The molecule has 0 bridgehead atoms. The molecule has 13 heavy (non-hydrogen) atoms. The number of benzene rings is 1. The number of aromatic nitrogens is 1. The van der Waals surface area contributed by atoms with Crippen LogP contribution in [0.1, 0.15) is 5.01 Å². The normalized spacial score (nSPS) is 10.6. The number of aryl methyl sites for hydroxylation is 1. The topological polar surface area (TPSA) is 48.1 Å². The molecule has 1 heterocycles. The summed E-state index contributed by atoms with van der Waals surface area (Å²) in [5.41, 5.74) is 7.37. The van der Waals surface area contributed by atoms with Crippen molar-refractivity contribution in [1.29, 1.82) is 0 Å². The quantitative estimate of drug-likeness (QED) is 0.708. The third kappa shape index (κ3) is 1.33. The number of methoxy groups -OCH3 is 1. The van der Waals surface area contributed by atoms with E-state index in [9.17, 15) is 0 Å². The van der Waals surface area contributed by atoms with E-state index in [1.165, 1.54) is 0 Å². The predicted molar refractivity (Wildman–Crippen MR) is 55.3 cm³/mol. The number of nitrogens with zero attached hydrogens (tertiary/aromatic N) is 1. The number of hydrogen-bond acceptors (Lipinski definition) is 4. The first-order valence-electron chi connectivity index (χ1n) is 3.91. The Morgan fingerprint density at radius 2 is 2.23 bits per heavy atom. The van der Waals surface area contributed by atoms with Crippen LogP contribution in [0.5, 0.6) is 5.75 Å². The maximum Gasteiger partial charge on any atom is 0.122 e. The van der Waals surface area contributed by atoms with E-state index in [1.807, 2.05) is 13.0 Å². The zero-order valence-corrected chi connectivity index (χ0v) is 8.31. The highest BCUT2D eigenvalue weighted by atomic mass is 32.1. The molecule has 3 nitrogen and oxygen atoms in total. The van der Waals surface area contributed by atoms with Crippen molar-refractivity contribution in [2.75, 3.05) is 12.8 Å². The molecule has 0 fully saturated rings. The first-order valence-corrected chi connectivity index (χ1v) is 4.73. The van der Waals surface area contributed by atoms with Gasteiger partial charge in [-0.1, -0.05) is 0 Å².